The number of aromatic nitrogens is 1. The first-order valence-corrected chi connectivity index (χ1v) is 6.04. The lowest BCUT2D eigenvalue weighted by Crippen LogP contribution is -2.19. The largest absolute Gasteiger partial charge is 0.398 e. The van der Waals surface area contributed by atoms with Crippen molar-refractivity contribution in [3.05, 3.63) is 47.9 Å². The molecule has 0 saturated carbocycles. The number of pyridine rings is 1. The second-order valence-electron chi connectivity index (χ2n) is 3.97. The zero-order valence-electron chi connectivity index (χ0n) is 10.4. The van der Waals surface area contributed by atoms with Gasteiger partial charge in [0.25, 0.3) is 0 Å². The minimum absolute atomic E-state index is 0.0770. The smallest absolute Gasteiger partial charge is 0.192 e. The van der Waals surface area contributed by atoms with Crippen molar-refractivity contribution in [2.24, 2.45) is 16.5 Å². The number of nitrogens with zero attached hydrogens (tertiary/aromatic N) is 2. The highest BCUT2D eigenvalue weighted by atomic mass is 32.1. The minimum atomic E-state index is -0.437. The van der Waals surface area contributed by atoms with E-state index in [1.807, 2.05) is 0 Å². The number of nitrogen functional groups attached to an aromatic ring is 1. The molecule has 0 spiro atoms. The first-order chi connectivity index (χ1) is 9.49. The van der Waals surface area contributed by atoms with Crippen LogP contribution in [-0.4, -0.2) is 15.9 Å². The van der Waals surface area contributed by atoms with Crippen molar-refractivity contribution in [3.63, 3.8) is 0 Å². The Labute approximate surface area is 120 Å². The summed E-state index contributed by atoms with van der Waals surface area (Å²) >= 11 is 4.66. The molecule has 102 valence electrons. The Morgan fingerprint density at radius 3 is 2.65 bits per heavy atom. The summed E-state index contributed by atoms with van der Waals surface area (Å²) in [4.78, 5) is 7.77. The molecule has 5 nitrogen and oxygen atoms in total. The molecule has 2 aromatic rings. The molecule has 0 unspecified atom stereocenters. The number of anilines is 1. The van der Waals surface area contributed by atoms with Crippen LogP contribution in [0.4, 0.5) is 10.1 Å². The average molecular weight is 289 g/mol. The normalized spacial score (nSPS) is 11.3. The van der Waals surface area contributed by atoms with Crippen LogP contribution in [0.2, 0.25) is 0 Å². The van der Waals surface area contributed by atoms with Gasteiger partial charge in [0, 0.05) is 23.0 Å². The fraction of sp³-hybridized carbons (Fsp3) is 0. The standard InChI is InChI=1S/C13H12FN5S/c14-9-2-1-5-18-11(9)7-3-4-10(15)8(6-7)12(16)19-13(17)20/h1-6H,15H2,(H4,16,17,19,20). The Morgan fingerprint density at radius 2 is 2.00 bits per heavy atom. The van der Waals surface area contributed by atoms with Crippen molar-refractivity contribution in [1.82, 2.24) is 4.98 Å². The number of aliphatic imine (C=N–C) groups is 1. The van der Waals surface area contributed by atoms with Crippen molar-refractivity contribution in [2.75, 3.05) is 5.73 Å². The van der Waals surface area contributed by atoms with Gasteiger partial charge < -0.3 is 17.2 Å². The van der Waals surface area contributed by atoms with Crippen LogP contribution < -0.4 is 17.2 Å². The maximum Gasteiger partial charge on any atom is 0.192 e. The maximum atomic E-state index is 13.7. The van der Waals surface area contributed by atoms with Gasteiger partial charge in [0.1, 0.15) is 17.3 Å². The van der Waals surface area contributed by atoms with Gasteiger partial charge in [-0.05, 0) is 36.5 Å². The highest BCUT2D eigenvalue weighted by Crippen LogP contribution is 2.24. The van der Waals surface area contributed by atoms with Gasteiger partial charge in [-0.1, -0.05) is 6.07 Å². The van der Waals surface area contributed by atoms with E-state index in [9.17, 15) is 4.39 Å². The van der Waals surface area contributed by atoms with Gasteiger partial charge in [-0.3, -0.25) is 4.98 Å². The van der Waals surface area contributed by atoms with Crippen LogP contribution >= 0.6 is 12.2 Å². The molecule has 7 heteroatoms. The molecule has 1 heterocycles. The third-order valence-corrected chi connectivity index (χ3v) is 2.68. The number of amidine groups is 1. The zero-order valence-corrected chi connectivity index (χ0v) is 11.2. The number of hydrogen-bond donors (Lipinski definition) is 3. The summed E-state index contributed by atoms with van der Waals surface area (Å²) in [5.41, 5.74) is 18.5. The number of rotatable bonds is 2. The SMILES string of the molecule is NC(=S)/N=C(\N)c1cc(-c2ncccc2F)ccc1N. The van der Waals surface area contributed by atoms with Crippen molar-refractivity contribution in [1.29, 1.82) is 0 Å². The molecule has 0 fully saturated rings. The van der Waals surface area contributed by atoms with Gasteiger partial charge in [-0.2, -0.15) is 0 Å². The molecule has 0 amide bonds. The Hall–Kier alpha value is -2.54. The molecule has 0 aliphatic heterocycles. The van der Waals surface area contributed by atoms with Crippen molar-refractivity contribution < 1.29 is 4.39 Å². The van der Waals surface area contributed by atoms with Gasteiger partial charge in [0.2, 0.25) is 0 Å². The van der Waals surface area contributed by atoms with Crippen LogP contribution in [0.1, 0.15) is 5.56 Å². The molecule has 6 N–H and O–H groups in total. The number of halogens is 1. The van der Waals surface area contributed by atoms with Crippen LogP contribution in [0.25, 0.3) is 11.3 Å². The van der Waals surface area contributed by atoms with Gasteiger partial charge in [0.15, 0.2) is 5.11 Å². The van der Waals surface area contributed by atoms with Crippen LogP contribution in [0.5, 0.6) is 0 Å². The van der Waals surface area contributed by atoms with E-state index in [1.54, 1.807) is 18.2 Å². The summed E-state index contributed by atoms with van der Waals surface area (Å²) < 4.78 is 13.7. The average Bonchev–Trinajstić information content (AvgIpc) is 2.39. The first kappa shape index (κ1) is 13.9. The summed E-state index contributed by atoms with van der Waals surface area (Å²) in [7, 11) is 0. The van der Waals surface area contributed by atoms with E-state index in [0.29, 0.717) is 16.8 Å². The molecular weight excluding hydrogens is 277 g/mol. The Bertz CT molecular complexity index is 699. The molecule has 0 atom stereocenters. The lowest BCUT2D eigenvalue weighted by Gasteiger charge is -2.08. The van der Waals surface area contributed by atoms with Crippen LogP contribution in [-0.2, 0) is 0 Å². The molecular formula is C13H12FN5S. The molecule has 0 aliphatic rings. The molecule has 0 radical (unpaired) electrons. The van der Waals surface area contributed by atoms with E-state index in [-0.39, 0.29) is 16.6 Å². The number of hydrogen-bond acceptors (Lipinski definition) is 3. The minimum Gasteiger partial charge on any atom is -0.398 e. The van der Waals surface area contributed by atoms with E-state index in [1.165, 1.54) is 18.3 Å². The predicted molar refractivity (Wildman–Crippen MR) is 81.6 cm³/mol. The van der Waals surface area contributed by atoms with Crippen molar-refractivity contribution in [2.45, 2.75) is 0 Å². The molecule has 0 bridgehead atoms. The van der Waals surface area contributed by atoms with Gasteiger partial charge in [-0.25, -0.2) is 9.38 Å². The second kappa shape index (κ2) is 5.62. The monoisotopic (exact) mass is 289 g/mol. The quantitative estimate of drug-likeness (QED) is 0.336. The first-order valence-electron chi connectivity index (χ1n) is 5.63. The van der Waals surface area contributed by atoms with E-state index < -0.39 is 5.82 Å². The van der Waals surface area contributed by atoms with E-state index in [2.05, 4.69) is 22.2 Å². The Morgan fingerprint density at radius 1 is 1.25 bits per heavy atom. The maximum absolute atomic E-state index is 13.7. The summed E-state index contributed by atoms with van der Waals surface area (Å²) in [5.74, 6) is -0.360. The fourth-order valence-corrected chi connectivity index (χ4v) is 1.80. The highest BCUT2D eigenvalue weighted by Gasteiger charge is 2.10. The number of nitrogens with two attached hydrogens (primary N) is 3. The number of benzene rings is 1. The Kier molecular flexibility index (Phi) is 3.90. The zero-order chi connectivity index (χ0) is 14.7. The van der Waals surface area contributed by atoms with Crippen LogP contribution in [0.3, 0.4) is 0 Å². The van der Waals surface area contributed by atoms with Gasteiger partial charge in [-0.15, -0.1) is 0 Å². The van der Waals surface area contributed by atoms with Crippen molar-refractivity contribution >= 4 is 28.9 Å². The van der Waals surface area contributed by atoms with Gasteiger partial charge >= 0.3 is 0 Å². The van der Waals surface area contributed by atoms with E-state index in [4.69, 9.17) is 17.2 Å². The van der Waals surface area contributed by atoms with Crippen LogP contribution in [0.15, 0.2) is 41.5 Å². The lowest BCUT2D eigenvalue weighted by atomic mass is 10.0. The van der Waals surface area contributed by atoms with Crippen molar-refractivity contribution in [3.8, 4) is 11.3 Å². The van der Waals surface area contributed by atoms with Crippen LogP contribution in [0, 0.1) is 5.82 Å². The third-order valence-electron chi connectivity index (χ3n) is 2.59. The van der Waals surface area contributed by atoms with Gasteiger partial charge in [0.05, 0.1) is 0 Å². The third kappa shape index (κ3) is 2.89. The summed E-state index contributed by atoms with van der Waals surface area (Å²) in [5, 5.41) is -0.101. The topological polar surface area (TPSA) is 103 Å². The molecule has 20 heavy (non-hydrogen) atoms. The highest BCUT2D eigenvalue weighted by molar-refractivity contribution is 7.80. The fourth-order valence-electron chi connectivity index (χ4n) is 1.70. The summed E-state index contributed by atoms with van der Waals surface area (Å²) in [6.45, 7) is 0. The van der Waals surface area contributed by atoms with E-state index >= 15 is 0 Å². The molecule has 0 saturated heterocycles. The lowest BCUT2D eigenvalue weighted by molar-refractivity contribution is 0.626. The molecule has 2 rings (SSSR count). The molecule has 0 aliphatic carbocycles. The Balaban J connectivity index is 2.55. The summed E-state index contributed by atoms with van der Waals surface area (Å²) in [6, 6.07) is 7.68. The number of thiocarbonyl (C=S) groups is 1. The molecule has 1 aromatic carbocycles. The predicted octanol–water partition coefficient (Wildman–Crippen LogP) is 1.42. The summed E-state index contributed by atoms with van der Waals surface area (Å²) in [6.07, 6.45) is 1.50. The second-order valence-corrected chi connectivity index (χ2v) is 4.39. The molecule has 1 aromatic heterocycles. The van der Waals surface area contributed by atoms with E-state index in [0.717, 1.165) is 0 Å².